The Morgan fingerprint density at radius 2 is 0.870 bits per heavy atom. The molecule has 0 aliphatic rings. The van der Waals surface area contributed by atoms with Crippen LogP contribution in [0.2, 0.25) is 0 Å². The van der Waals surface area contributed by atoms with Crippen LogP contribution < -0.4 is 4.74 Å². The van der Waals surface area contributed by atoms with Crippen LogP contribution in [0.4, 0.5) is 92.2 Å². The molecular weight excluding hydrogens is 711 g/mol. The van der Waals surface area contributed by atoms with Gasteiger partial charge in [-0.25, -0.2) is 4.79 Å². The lowest BCUT2D eigenvalue weighted by molar-refractivity contribution is -0.474. The Kier molecular flexibility index (Phi) is 10.9. The van der Waals surface area contributed by atoms with E-state index in [4.69, 9.17) is 4.74 Å². The summed E-state index contributed by atoms with van der Waals surface area (Å²) >= 11 is 0. The summed E-state index contributed by atoms with van der Waals surface area (Å²) in [6.45, 7) is -0.392. The van der Waals surface area contributed by atoms with Crippen molar-refractivity contribution in [2.24, 2.45) is 0 Å². The number of carbonyl (C=O) groups excluding carboxylic acids is 1. The Labute approximate surface area is 241 Å². The molecular formula is C22H15F21O3. The zero-order valence-electron chi connectivity index (χ0n) is 21.8. The van der Waals surface area contributed by atoms with Gasteiger partial charge in [-0.3, -0.25) is 0 Å². The molecule has 46 heavy (non-hydrogen) atoms. The zero-order valence-corrected chi connectivity index (χ0v) is 21.8. The normalized spacial score (nSPS) is 15.2. The van der Waals surface area contributed by atoms with Gasteiger partial charge in [-0.15, -0.1) is 0 Å². The lowest BCUT2D eigenvalue weighted by Crippen LogP contribution is -2.76. The van der Waals surface area contributed by atoms with E-state index in [9.17, 15) is 97.0 Å². The highest BCUT2D eigenvalue weighted by Gasteiger charge is 2.97. The van der Waals surface area contributed by atoms with Crippen molar-refractivity contribution in [3.05, 3.63) is 29.8 Å². The molecule has 0 N–H and O–H groups in total. The minimum atomic E-state index is -9.21. The van der Waals surface area contributed by atoms with Gasteiger partial charge in [0.25, 0.3) is 0 Å². The van der Waals surface area contributed by atoms with Crippen molar-refractivity contribution in [1.29, 1.82) is 0 Å². The van der Waals surface area contributed by atoms with Gasteiger partial charge in [0.15, 0.2) is 0 Å². The van der Waals surface area contributed by atoms with E-state index < -0.39 is 84.2 Å². The lowest BCUT2D eigenvalue weighted by Gasteiger charge is -2.44. The van der Waals surface area contributed by atoms with Crippen LogP contribution >= 0.6 is 0 Å². The second-order valence-electron chi connectivity index (χ2n) is 9.06. The van der Waals surface area contributed by atoms with Crippen LogP contribution in [0.5, 0.6) is 5.75 Å². The van der Waals surface area contributed by atoms with Crippen LogP contribution in [0.15, 0.2) is 24.3 Å². The summed E-state index contributed by atoms with van der Waals surface area (Å²) in [5.41, 5.74) is -0.220. The molecule has 24 heteroatoms. The van der Waals surface area contributed by atoms with Crippen LogP contribution in [0, 0.1) is 0 Å². The molecule has 0 bridgehead atoms. The van der Waals surface area contributed by atoms with Crippen molar-refractivity contribution >= 4 is 5.97 Å². The van der Waals surface area contributed by atoms with E-state index in [1.165, 1.54) is 0 Å². The number of halogens is 21. The van der Waals surface area contributed by atoms with E-state index in [2.05, 4.69) is 4.74 Å². The maximum atomic E-state index is 14.0. The van der Waals surface area contributed by atoms with E-state index in [0.717, 1.165) is 24.3 Å². The molecule has 0 unspecified atom stereocenters. The topological polar surface area (TPSA) is 35.5 Å². The summed E-state index contributed by atoms with van der Waals surface area (Å²) in [7, 11) is 0. The van der Waals surface area contributed by atoms with Gasteiger partial charge in [0.2, 0.25) is 0 Å². The van der Waals surface area contributed by atoms with Gasteiger partial charge in [0, 0.05) is 0 Å². The molecule has 0 aliphatic heterocycles. The predicted molar refractivity (Wildman–Crippen MR) is 108 cm³/mol. The van der Waals surface area contributed by atoms with Crippen LogP contribution in [0.3, 0.4) is 0 Å². The summed E-state index contributed by atoms with van der Waals surface area (Å²) in [4.78, 5) is 11.6. The highest BCUT2D eigenvalue weighted by molar-refractivity contribution is 5.89. The second-order valence-corrected chi connectivity index (χ2v) is 9.06. The van der Waals surface area contributed by atoms with Crippen molar-refractivity contribution in [3.63, 3.8) is 0 Å². The monoisotopic (exact) mass is 726 g/mol. The van der Waals surface area contributed by atoms with Crippen LogP contribution in [0.25, 0.3) is 0 Å². The standard InChI is InChI=1S/C22H15F21O3/c1-2-8-46-12(44)10-3-5-11(6-4-10)45-9-7-13(23,24)14(25,26)15(27,28)16(29,30)17(31,32)18(33,34)19(35,36)20(37,38)21(39,40)22(41,42)43/h3-6H,2,7-9H2,1H3. The maximum Gasteiger partial charge on any atom is 0.460 e. The van der Waals surface area contributed by atoms with Crippen molar-refractivity contribution in [2.45, 2.75) is 79.2 Å². The predicted octanol–water partition coefficient (Wildman–Crippen LogP) is 9.30. The average molecular weight is 726 g/mol. The fraction of sp³-hybridized carbons (Fsp3) is 0.682. The second kappa shape index (κ2) is 12.2. The van der Waals surface area contributed by atoms with Gasteiger partial charge in [-0.2, -0.15) is 92.2 Å². The molecule has 0 aromatic heterocycles. The molecule has 0 fully saturated rings. The molecule has 0 spiro atoms. The molecule has 1 rings (SSSR count). The molecule has 0 atom stereocenters. The number of alkyl halides is 21. The molecule has 0 saturated heterocycles. The van der Waals surface area contributed by atoms with Crippen LogP contribution in [0.1, 0.15) is 30.1 Å². The highest BCUT2D eigenvalue weighted by Crippen LogP contribution is 2.66. The van der Waals surface area contributed by atoms with Gasteiger partial charge in [-0.1, -0.05) is 6.92 Å². The van der Waals surface area contributed by atoms with Crippen LogP contribution in [-0.4, -0.2) is 78.7 Å². The fourth-order valence-corrected chi connectivity index (χ4v) is 3.01. The molecule has 0 radical (unpaired) electrons. The molecule has 0 heterocycles. The Hall–Kier alpha value is -2.98. The molecule has 268 valence electrons. The Morgan fingerprint density at radius 1 is 0.522 bits per heavy atom. The highest BCUT2D eigenvalue weighted by atomic mass is 19.4. The zero-order chi connectivity index (χ0) is 36.8. The van der Waals surface area contributed by atoms with E-state index in [1.54, 1.807) is 6.92 Å². The first-order valence-corrected chi connectivity index (χ1v) is 11.5. The first kappa shape index (κ1) is 41.0. The van der Waals surface area contributed by atoms with Gasteiger partial charge >= 0.3 is 65.4 Å². The Morgan fingerprint density at radius 3 is 1.22 bits per heavy atom. The van der Waals surface area contributed by atoms with Crippen molar-refractivity contribution < 1.29 is 106 Å². The summed E-state index contributed by atoms with van der Waals surface area (Å²) in [5.74, 6) is -78.9. The first-order chi connectivity index (χ1) is 20.2. The number of hydrogen-bond acceptors (Lipinski definition) is 3. The van der Waals surface area contributed by atoms with Crippen molar-refractivity contribution in [3.8, 4) is 5.75 Å². The van der Waals surface area contributed by atoms with Crippen molar-refractivity contribution in [2.75, 3.05) is 13.2 Å². The molecule has 0 saturated carbocycles. The number of carbonyl (C=O) groups is 1. The summed E-state index contributed by atoms with van der Waals surface area (Å²) in [5, 5.41) is 0. The van der Waals surface area contributed by atoms with Crippen molar-refractivity contribution in [1.82, 2.24) is 0 Å². The summed E-state index contributed by atoms with van der Waals surface area (Å²) in [6, 6.07) is 3.20. The minimum absolute atomic E-state index is 0.0590. The minimum Gasteiger partial charge on any atom is -0.493 e. The van der Waals surface area contributed by atoms with Gasteiger partial charge in [0.05, 0.1) is 25.2 Å². The summed E-state index contributed by atoms with van der Waals surface area (Å²) < 4.78 is 291. The number of hydrogen-bond donors (Lipinski definition) is 0. The number of benzene rings is 1. The molecule has 3 nitrogen and oxygen atoms in total. The van der Waals surface area contributed by atoms with Gasteiger partial charge in [-0.05, 0) is 30.7 Å². The Balaban J connectivity index is 3.38. The molecule has 0 aliphatic carbocycles. The SMILES string of the molecule is CCCOC(=O)c1ccc(OCCC(F)(F)C(F)(F)C(F)(F)C(F)(F)C(F)(F)C(F)(F)C(F)(F)C(F)(F)C(F)(F)C(F)(F)F)cc1. The van der Waals surface area contributed by atoms with Gasteiger partial charge < -0.3 is 9.47 Å². The smallest absolute Gasteiger partial charge is 0.460 e. The average Bonchev–Trinajstić information content (AvgIpc) is 2.90. The third-order valence-corrected chi connectivity index (χ3v) is 5.79. The van der Waals surface area contributed by atoms with E-state index >= 15 is 0 Å². The molecule has 0 amide bonds. The van der Waals surface area contributed by atoms with E-state index in [1.807, 2.05) is 0 Å². The lowest BCUT2D eigenvalue weighted by atomic mass is 9.86. The molecule has 1 aromatic carbocycles. The van der Waals surface area contributed by atoms with Crippen LogP contribution in [-0.2, 0) is 4.74 Å². The van der Waals surface area contributed by atoms with E-state index in [0.29, 0.717) is 6.42 Å². The van der Waals surface area contributed by atoms with E-state index in [-0.39, 0.29) is 12.2 Å². The quantitative estimate of drug-likeness (QED) is 0.134. The third-order valence-electron chi connectivity index (χ3n) is 5.79. The first-order valence-electron chi connectivity index (χ1n) is 11.5. The third kappa shape index (κ3) is 6.19. The number of esters is 1. The Bertz CT molecular complexity index is 1200. The maximum absolute atomic E-state index is 14.0. The summed E-state index contributed by atoms with van der Waals surface area (Å²) in [6.07, 6.45) is -10.6. The van der Waals surface area contributed by atoms with Gasteiger partial charge in [0.1, 0.15) is 5.75 Å². The fourth-order valence-electron chi connectivity index (χ4n) is 3.01. The number of ether oxygens (including phenoxy) is 2. The largest absolute Gasteiger partial charge is 0.493 e. The molecule has 1 aromatic rings. The number of rotatable bonds is 15.